The molecule has 0 unspecified atom stereocenters. The van der Waals surface area contributed by atoms with E-state index < -0.39 is 23.5 Å². The molecule has 2 N–H and O–H groups in total. The average Bonchev–Trinajstić information content (AvgIpc) is 3.67. The van der Waals surface area contributed by atoms with Crippen LogP contribution in [0.25, 0.3) is 0 Å². The summed E-state index contributed by atoms with van der Waals surface area (Å²) in [4.78, 5) is 53.2. The molecule has 4 atom stereocenters. The van der Waals surface area contributed by atoms with Gasteiger partial charge in [-0.1, -0.05) is 38.3 Å². The fourth-order valence-corrected chi connectivity index (χ4v) is 6.00. The largest absolute Gasteiger partial charge is 0.497 e. The van der Waals surface area contributed by atoms with Gasteiger partial charge < -0.3 is 19.9 Å². The molecule has 0 radical (unpaired) electrons. The molecule has 3 fully saturated rings. The predicted molar refractivity (Wildman–Crippen MR) is 150 cm³/mol. The number of aliphatic hydroxyl groups is 1. The van der Waals surface area contributed by atoms with E-state index in [0.717, 1.165) is 24.8 Å². The number of methoxy groups -OCH3 is 1. The molecule has 1 amide bonds. The smallest absolute Gasteiger partial charge is 0.223 e. The van der Waals surface area contributed by atoms with Gasteiger partial charge in [-0.25, -0.2) is 0 Å². The van der Waals surface area contributed by atoms with E-state index in [9.17, 15) is 24.3 Å². The van der Waals surface area contributed by atoms with Crippen LogP contribution in [-0.4, -0.2) is 59.8 Å². The van der Waals surface area contributed by atoms with Crippen molar-refractivity contribution in [2.45, 2.75) is 102 Å². The molecule has 40 heavy (non-hydrogen) atoms. The summed E-state index contributed by atoms with van der Waals surface area (Å²) in [7, 11) is 1.59. The second-order valence-electron chi connectivity index (χ2n) is 12.5. The number of hydrogen-bond acceptors (Lipinski definition) is 7. The molecular formula is C32H45NO7. The van der Waals surface area contributed by atoms with Gasteiger partial charge in [0.05, 0.1) is 25.9 Å². The van der Waals surface area contributed by atoms with Crippen molar-refractivity contribution in [3.05, 3.63) is 29.8 Å². The minimum absolute atomic E-state index is 0.0150. The van der Waals surface area contributed by atoms with Crippen LogP contribution in [0.2, 0.25) is 0 Å². The van der Waals surface area contributed by atoms with E-state index in [1.165, 1.54) is 0 Å². The number of carbonyl (C=O) groups is 4. The molecule has 220 valence electrons. The van der Waals surface area contributed by atoms with Gasteiger partial charge in [-0.15, -0.1) is 0 Å². The van der Waals surface area contributed by atoms with Crippen molar-refractivity contribution in [1.82, 2.24) is 5.32 Å². The minimum atomic E-state index is -0.812. The van der Waals surface area contributed by atoms with Gasteiger partial charge in [0.15, 0.2) is 11.6 Å². The third-order valence-corrected chi connectivity index (χ3v) is 9.17. The van der Waals surface area contributed by atoms with Crippen molar-refractivity contribution < 1.29 is 33.8 Å². The number of nitrogens with one attached hydrogen (secondary N) is 1. The molecule has 1 aromatic rings. The third kappa shape index (κ3) is 8.00. The molecule has 1 heterocycles. The lowest BCUT2D eigenvalue weighted by atomic mass is 9.74. The molecule has 1 saturated heterocycles. The zero-order chi connectivity index (χ0) is 28.9. The van der Waals surface area contributed by atoms with Crippen LogP contribution in [0.3, 0.4) is 0 Å². The number of amides is 1. The van der Waals surface area contributed by atoms with Crippen molar-refractivity contribution in [2.75, 3.05) is 13.7 Å². The van der Waals surface area contributed by atoms with E-state index in [1.807, 2.05) is 24.3 Å². The van der Waals surface area contributed by atoms with Crippen LogP contribution in [0, 0.1) is 23.7 Å². The highest BCUT2D eigenvalue weighted by Crippen LogP contribution is 2.38. The average molecular weight is 556 g/mol. The molecule has 2 aliphatic carbocycles. The van der Waals surface area contributed by atoms with Crippen LogP contribution < -0.4 is 10.1 Å². The quantitative estimate of drug-likeness (QED) is 0.314. The Hall–Kier alpha value is -2.58. The van der Waals surface area contributed by atoms with Crippen molar-refractivity contribution in [2.24, 2.45) is 23.7 Å². The molecule has 1 aromatic carbocycles. The van der Waals surface area contributed by atoms with E-state index in [4.69, 9.17) is 9.47 Å². The molecular weight excluding hydrogens is 510 g/mol. The van der Waals surface area contributed by atoms with Gasteiger partial charge in [0.1, 0.15) is 17.1 Å². The summed E-state index contributed by atoms with van der Waals surface area (Å²) in [6, 6.07) is 6.55. The molecule has 8 heteroatoms. The Morgan fingerprint density at radius 3 is 2.25 bits per heavy atom. The molecule has 4 rings (SSSR count). The summed E-state index contributed by atoms with van der Waals surface area (Å²) in [6.45, 7) is 3.89. The van der Waals surface area contributed by atoms with Gasteiger partial charge in [-0.05, 0) is 69.1 Å². The highest BCUT2D eigenvalue weighted by Gasteiger charge is 2.50. The fourth-order valence-electron chi connectivity index (χ4n) is 6.00. The third-order valence-electron chi connectivity index (χ3n) is 9.17. The number of aliphatic hydroxyl groups excluding tert-OH is 1. The summed E-state index contributed by atoms with van der Waals surface area (Å²) in [6.07, 6.45) is 6.60. The lowest BCUT2D eigenvalue weighted by Crippen LogP contribution is -2.46. The minimum Gasteiger partial charge on any atom is -0.497 e. The van der Waals surface area contributed by atoms with Crippen LogP contribution in [-0.2, 0) is 30.3 Å². The lowest BCUT2D eigenvalue weighted by Gasteiger charge is -2.30. The van der Waals surface area contributed by atoms with Crippen LogP contribution in [0.1, 0.15) is 83.6 Å². The number of ether oxygens (including phenoxy) is 2. The standard InChI is InChI=1S/C32H45NO7/c1-20(15-28(35)23-9-11-25(34)12-10-23)31(38)33-27(17-22-7-13-26(39-3)14-8-22)29(36)18-24(16-21-5-4-6-21)30(37)32(2)19-40-32/h7-8,13-14,20-21,23-25,27,34H,4-6,9-12,15-19H2,1-3H3,(H,33,38)/t20-,23?,24+,25?,27-,32+/m0/s1. The fraction of sp³-hybridized carbons (Fsp3) is 0.688. The highest BCUT2D eigenvalue weighted by atomic mass is 16.6. The van der Waals surface area contributed by atoms with E-state index in [0.29, 0.717) is 50.4 Å². The molecule has 0 aromatic heterocycles. The van der Waals surface area contributed by atoms with Gasteiger partial charge in [0.2, 0.25) is 5.91 Å². The number of epoxide rings is 1. The first kappa shape index (κ1) is 30.4. The van der Waals surface area contributed by atoms with E-state index in [1.54, 1.807) is 21.0 Å². The molecule has 2 saturated carbocycles. The summed E-state index contributed by atoms with van der Waals surface area (Å²) >= 11 is 0. The first-order valence-electron chi connectivity index (χ1n) is 14.9. The van der Waals surface area contributed by atoms with Crippen molar-refractivity contribution in [1.29, 1.82) is 0 Å². The lowest BCUT2D eigenvalue weighted by molar-refractivity contribution is -0.135. The first-order chi connectivity index (χ1) is 19.1. The maximum atomic E-state index is 13.8. The Morgan fingerprint density at radius 2 is 1.70 bits per heavy atom. The van der Waals surface area contributed by atoms with Gasteiger partial charge in [0.25, 0.3) is 0 Å². The Bertz CT molecular complexity index is 1050. The van der Waals surface area contributed by atoms with E-state index >= 15 is 0 Å². The second kappa shape index (κ2) is 13.4. The van der Waals surface area contributed by atoms with Crippen molar-refractivity contribution >= 4 is 23.3 Å². The summed E-state index contributed by atoms with van der Waals surface area (Å²) < 4.78 is 10.7. The van der Waals surface area contributed by atoms with Crippen LogP contribution in [0.4, 0.5) is 0 Å². The number of ketones is 3. The normalized spacial score (nSPS) is 26.6. The zero-order valence-electron chi connectivity index (χ0n) is 24.2. The Labute approximate surface area is 237 Å². The summed E-state index contributed by atoms with van der Waals surface area (Å²) in [5, 5.41) is 12.7. The number of rotatable bonds is 15. The molecule has 0 spiro atoms. The monoisotopic (exact) mass is 555 g/mol. The topological polar surface area (TPSA) is 122 Å². The Kier molecular flexibility index (Phi) is 10.2. The Balaban J connectivity index is 1.44. The van der Waals surface area contributed by atoms with Crippen molar-refractivity contribution in [3.8, 4) is 5.75 Å². The van der Waals surface area contributed by atoms with E-state index in [2.05, 4.69) is 5.32 Å². The SMILES string of the molecule is COc1ccc(C[C@H](NC(=O)[C@@H](C)CC(=O)C2CCC(O)CC2)C(=O)C[C@@H](CC2CCC2)C(=O)[C@@]2(C)CO2)cc1. The predicted octanol–water partition coefficient (Wildman–Crippen LogP) is 3.99. The molecule has 1 aliphatic heterocycles. The van der Waals surface area contributed by atoms with E-state index in [-0.39, 0.29) is 54.5 Å². The maximum Gasteiger partial charge on any atom is 0.223 e. The molecule has 8 nitrogen and oxygen atoms in total. The zero-order valence-corrected chi connectivity index (χ0v) is 24.2. The highest BCUT2D eigenvalue weighted by molar-refractivity contribution is 5.97. The molecule has 0 bridgehead atoms. The van der Waals surface area contributed by atoms with Gasteiger partial charge in [-0.2, -0.15) is 0 Å². The first-order valence-corrected chi connectivity index (χ1v) is 14.9. The van der Waals surface area contributed by atoms with Gasteiger partial charge >= 0.3 is 0 Å². The molecule has 3 aliphatic rings. The number of Topliss-reactive ketones (excluding diaryl/α,β-unsaturated/α-hetero) is 3. The van der Waals surface area contributed by atoms with Crippen LogP contribution >= 0.6 is 0 Å². The maximum absolute atomic E-state index is 13.8. The van der Waals surface area contributed by atoms with Crippen molar-refractivity contribution in [3.63, 3.8) is 0 Å². The van der Waals surface area contributed by atoms with Gasteiger partial charge in [-0.3, -0.25) is 19.2 Å². The summed E-state index contributed by atoms with van der Waals surface area (Å²) in [5.74, 6) is -0.485. The summed E-state index contributed by atoms with van der Waals surface area (Å²) in [5.41, 5.74) is 0.0660. The number of benzene rings is 1. The van der Waals surface area contributed by atoms with Gasteiger partial charge in [0, 0.05) is 30.6 Å². The number of hydrogen-bond donors (Lipinski definition) is 2. The van der Waals surface area contributed by atoms with Crippen LogP contribution in [0.5, 0.6) is 5.75 Å². The second-order valence-corrected chi connectivity index (χ2v) is 12.5. The Morgan fingerprint density at radius 1 is 1.05 bits per heavy atom. The number of carbonyl (C=O) groups excluding carboxylic acids is 4. The van der Waals surface area contributed by atoms with Crippen LogP contribution in [0.15, 0.2) is 24.3 Å².